The Morgan fingerprint density at radius 2 is 1.76 bits per heavy atom. The van der Waals surface area contributed by atoms with E-state index in [1.807, 2.05) is 67.6 Å². The van der Waals surface area contributed by atoms with Gasteiger partial charge in [0.1, 0.15) is 0 Å². The number of nitrogens with zero attached hydrogens (tertiary/aromatic N) is 1. The van der Waals surface area contributed by atoms with Gasteiger partial charge in [0.05, 0.1) is 16.8 Å². The number of hydrogen-bond donors (Lipinski definition) is 1. The lowest BCUT2D eigenvalue weighted by Gasteiger charge is -2.24. The normalized spacial score (nSPS) is 11.3. The van der Waals surface area contributed by atoms with Gasteiger partial charge in [-0.15, -0.1) is 6.42 Å². The molecular formula is C29H25ClN2O. The Labute approximate surface area is 199 Å². The SMILES string of the molecule is C#Cc1ccc2nc(-c3ccccc3)c(C)c(C(=O)Nc3ccc(Cl)cc3C(C)(C)C)c2c1. The molecule has 164 valence electrons. The highest BCUT2D eigenvalue weighted by Gasteiger charge is 2.23. The van der Waals surface area contributed by atoms with Gasteiger partial charge in [-0.1, -0.05) is 68.6 Å². The number of benzene rings is 3. The summed E-state index contributed by atoms with van der Waals surface area (Å²) in [7, 11) is 0. The molecule has 1 amide bonds. The predicted octanol–water partition coefficient (Wildman–Crippen LogP) is 7.39. The summed E-state index contributed by atoms with van der Waals surface area (Å²) in [6.07, 6.45) is 5.65. The van der Waals surface area contributed by atoms with E-state index in [2.05, 4.69) is 32.0 Å². The van der Waals surface area contributed by atoms with Crippen LogP contribution in [0.3, 0.4) is 0 Å². The summed E-state index contributed by atoms with van der Waals surface area (Å²) in [5.41, 5.74) is 6.00. The van der Waals surface area contributed by atoms with Crippen molar-refractivity contribution < 1.29 is 4.79 Å². The molecule has 1 aromatic heterocycles. The van der Waals surface area contributed by atoms with Gasteiger partial charge in [-0.2, -0.15) is 0 Å². The average molecular weight is 453 g/mol. The first-order valence-electron chi connectivity index (χ1n) is 10.8. The van der Waals surface area contributed by atoms with Crippen LogP contribution in [-0.2, 0) is 5.41 Å². The third kappa shape index (κ3) is 4.49. The van der Waals surface area contributed by atoms with Crippen molar-refractivity contribution in [3.63, 3.8) is 0 Å². The number of anilines is 1. The van der Waals surface area contributed by atoms with Crippen LogP contribution in [0.2, 0.25) is 5.02 Å². The number of fused-ring (bicyclic) bond motifs is 1. The van der Waals surface area contributed by atoms with E-state index in [9.17, 15) is 4.79 Å². The zero-order valence-corrected chi connectivity index (χ0v) is 19.9. The fraction of sp³-hybridized carbons (Fsp3) is 0.172. The summed E-state index contributed by atoms with van der Waals surface area (Å²) in [5, 5.41) is 4.49. The van der Waals surface area contributed by atoms with Crippen LogP contribution in [-0.4, -0.2) is 10.9 Å². The van der Waals surface area contributed by atoms with E-state index in [0.29, 0.717) is 16.1 Å². The number of amides is 1. The summed E-state index contributed by atoms with van der Waals surface area (Å²) in [6.45, 7) is 8.20. The van der Waals surface area contributed by atoms with E-state index in [1.54, 1.807) is 6.07 Å². The van der Waals surface area contributed by atoms with E-state index in [1.165, 1.54) is 0 Å². The van der Waals surface area contributed by atoms with Crippen LogP contribution in [0.1, 0.15) is 47.8 Å². The minimum Gasteiger partial charge on any atom is -0.322 e. The van der Waals surface area contributed by atoms with Gasteiger partial charge in [0, 0.05) is 27.2 Å². The van der Waals surface area contributed by atoms with Crippen LogP contribution in [0.25, 0.3) is 22.2 Å². The Hall–Kier alpha value is -3.61. The van der Waals surface area contributed by atoms with Gasteiger partial charge in [-0.25, -0.2) is 4.98 Å². The Bertz CT molecular complexity index is 1410. The first-order chi connectivity index (χ1) is 15.7. The highest BCUT2D eigenvalue weighted by atomic mass is 35.5. The molecule has 4 aromatic rings. The van der Waals surface area contributed by atoms with Crippen LogP contribution < -0.4 is 5.32 Å². The molecule has 0 aliphatic rings. The third-order valence-corrected chi connectivity index (χ3v) is 5.94. The van der Waals surface area contributed by atoms with Gasteiger partial charge in [0.2, 0.25) is 0 Å². The van der Waals surface area contributed by atoms with E-state index in [-0.39, 0.29) is 11.3 Å². The fourth-order valence-corrected chi connectivity index (χ4v) is 4.22. The molecule has 0 atom stereocenters. The van der Waals surface area contributed by atoms with Crippen LogP contribution in [0.4, 0.5) is 5.69 Å². The first-order valence-corrected chi connectivity index (χ1v) is 11.1. The van der Waals surface area contributed by atoms with E-state index in [0.717, 1.165) is 39.0 Å². The summed E-state index contributed by atoms with van der Waals surface area (Å²) in [5.74, 6) is 2.45. The molecule has 0 aliphatic carbocycles. The molecule has 0 radical (unpaired) electrons. The van der Waals surface area contributed by atoms with Gasteiger partial charge in [-0.05, 0) is 59.9 Å². The highest BCUT2D eigenvalue weighted by molar-refractivity contribution is 6.30. The molecule has 4 heteroatoms. The van der Waals surface area contributed by atoms with Crippen molar-refractivity contribution in [3.8, 4) is 23.6 Å². The molecular weight excluding hydrogens is 428 g/mol. The van der Waals surface area contributed by atoms with Gasteiger partial charge in [-0.3, -0.25) is 4.79 Å². The number of hydrogen-bond acceptors (Lipinski definition) is 2. The lowest BCUT2D eigenvalue weighted by molar-refractivity contribution is 0.102. The van der Waals surface area contributed by atoms with E-state index in [4.69, 9.17) is 23.0 Å². The molecule has 0 fully saturated rings. The number of pyridine rings is 1. The van der Waals surface area contributed by atoms with Gasteiger partial charge in [0.25, 0.3) is 5.91 Å². The zero-order valence-electron chi connectivity index (χ0n) is 19.2. The first kappa shape index (κ1) is 22.6. The minimum atomic E-state index is -0.209. The standard InChI is InChI=1S/C29H25ClN2O/c1-6-19-12-14-24-22(16-19)26(18(2)27(31-24)20-10-8-7-9-11-20)28(33)32-25-15-13-21(30)17-23(25)29(3,4)5/h1,7-17H,2-5H3,(H,32,33). The van der Waals surface area contributed by atoms with Crippen molar-refractivity contribution in [2.45, 2.75) is 33.1 Å². The second-order valence-corrected chi connectivity index (χ2v) is 9.53. The molecule has 0 spiro atoms. The summed E-state index contributed by atoms with van der Waals surface area (Å²) < 4.78 is 0. The molecule has 33 heavy (non-hydrogen) atoms. The van der Waals surface area contributed by atoms with Crippen LogP contribution >= 0.6 is 11.6 Å². The summed E-state index contributed by atoms with van der Waals surface area (Å²) in [4.78, 5) is 18.6. The van der Waals surface area contributed by atoms with E-state index < -0.39 is 0 Å². The second kappa shape index (κ2) is 8.73. The molecule has 0 saturated heterocycles. The van der Waals surface area contributed by atoms with Crippen molar-refractivity contribution in [1.29, 1.82) is 0 Å². The third-order valence-electron chi connectivity index (χ3n) is 5.71. The van der Waals surface area contributed by atoms with Gasteiger partial charge >= 0.3 is 0 Å². The maximum Gasteiger partial charge on any atom is 0.256 e. The predicted molar refractivity (Wildman–Crippen MR) is 138 cm³/mol. The monoisotopic (exact) mass is 452 g/mol. The molecule has 0 aliphatic heterocycles. The van der Waals surface area contributed by atoms with Crippen molar-refractivity contribution >= 4 is 34.1 Å². The Morgan fingerprint density at radius 1 is 1.03 bits per heavy atom. The summed E-state index contributed by atoms with van der Waals surface area (Å²) >= 11 is 6.26. The molecule has 1 N–H and O–H groups in total. The van der Waals surface area contributed by atoms with Crippen molar-refractivity contribution in [3.05, 3.63) is 94.0 Å². The maximum absolute atomic E-state index is 13.8. The molecule has 0 saturated carbocycles. The number of terminal acetylenes is 1. The fourth-order valence-electron chi connectivity index (χ4n) is 4.05. The lowest BCUT2D eigenvalue weighted by atomic mass is 9.85. The van der Waals surface area contributed by atoms with Crippen molar-refractivity contribution in [2.24, 2.45) is 0 Å². The topological polar surface area (TPSA) is 42.0 Å². The largest absolute Gasteiger partial charge is 0.322 e. The highest BCUT2D eigenvalue weighted by Crippen LogP contribution is 2.34. The number of carbonyl (C=O) groups excluding carboxylic acids is 1. The quantitative estimate of drug-likeness (QED) is 0.329. The van der Waals surface area contributed by atoms with E-state index >= 15 is 0 Å². The van der Waals surface area contributed by atoms with Crippen LogP contribution in [0.5, 0.6) is 0 Å². The molecule has 0 unspecified atom stereocenters. The molecule has 4 rings (SSSR count). The molecule has 3 aromatic carbocycles. The zero-order chi connectivity index (χ0) is 23.8. The Morgan fingerprint density at radius 3 is 2.42 bits per heavy atom. The van der Waals surface area contributed by atoms with Crippen molar-refractivity contribution in [1.82, 2.24) is 4.98 Å². The Kier molecular flexibility index (Phi) is 5.97. The van der Waals surface area contributed by atoms with Crippen LogP contribution in [0.15, 0.2) is 66.7 Å². The maximum atomic E-state index is 13.8. The number of aromatic nitrogens is 1. The van der Waals surface area contributed by atoms with Gasteiger partial charge in [0.15, 0.2) is 0 Å². The number of carbonyl (C=O) groups is 1. The van der Waals surface area contributed by atoms with Gasteiger partial charge < -0.3 is 5.32 Å². The molecule has 3 nitrogen and oxygen atoms in total. The summed E-state index contributed by atoms with van der Waals surface area (Å²) in [6, 6.07) is 21.0. The number of rotatable bonds is 3. The Balaban J connectivity index is 1.92. The number of halogens is 1. The molecule has 0 bridgehead atoms. The van der Waals surface area contributed by atoms with Crippen molar-refractivity contribution in [2.75, 3.05) is 5.32 Å². The average Bonchev–Trinajstić information content (AvgIpc) is 2.79. The lowest BCUT2D eigenvalue weighted by Crippen LogP contribution is -2.20. The number of nitrogens with one attached hydrogen (secondary N) is 1. The minimum absolute atomic E-state index is 0.200. The molecule has 1 heterocycles. The second-order valence-electron chi connectivity index (χ2n) is 9.10. The van der Waals surface area contributed by atoms with Crippen LogP contribution in [0, 0.1) is 19.3 Å². The smallest absolute Gasteiger partial charge is 0.256 e.